The van der Waals surface area contributed by atoms with Gasteiger partial charge in [0.05, 0.1) is 0 Å². The first kappa shape index (κ1) is 111. The van der Waals surface area contributed by atoms with Gasteiger partial charge in [-0.15, -0.1) is 0 Å². The molecule has 0 aliphatic rings. The minimum atomic E-state index is -3.73. The zero-order valence-corrected chi connectivity index (χ0v) is 78.8. The molecule has 0 rings (SSSR count). The molecule has 0 aromatic carbocycles. The number of carbonyl (C=O) groups excluding carboxylic acids is 4. The van der Waals surface area contributed by atoms with Gasteiger partial charge in [-0.2, -0.15) is 0 Å². The third-order valence-electron chi connectivity index (χ3n) is 24.6. The Labute approximate surface area is 709 Å². The quantitative estimate of drug-likeness (QED) is 0.0195. The zero-order chi connectivity index (χ0) is 82.2. The first-order valence-corrected chi connectivity index (χ1v) is 54.9. The van der Waals surface area contributed by atoms with Crippen LogP contribution in [0.4, 0.5) is 0 Å². The van der Waals surface area contributed by atoms with E-state index in [0.717, 1.165) is 189 Å². The molecule has 0 spiro atoms. The van der Waals surface area contributed by atoms with Crippen molar-refractivity contribution in [3.05, 3.63) is 48.6 Å². The third kappa shape index (κ3) is 75.5. The second-order valence-electron chi connectivity index (χ2n) is 35.3. The minimum Gasteiger partial charge on any atom is -0.0654 e. The van der Waals surface area contributed by atoms with E-state index in [1.165, 1.54) is 283 Å². The number of hydrogen-bond acceptors (Lipinski definition) is 8. The fourth-order valence-corrected chi connectivity index (χ4v) is 28.0. The van der Waals surface area contributed by atoms with Gasteiger partial charge in [0.15, 0.2) is 0 Å². The molecule has 0 heterocycles. The van der Waals surface area contributed by atoms with Crippen LogP contribution in [0.1, 0.15) is 543 Å². The van der Waals surface area contributed by atoms with Gasteiger partial charge >= 0.3 is 418 Å². The summed E-state index contributed by atoms with van der Waals surface area (Å²) in [5.41, 5.74) is 0. The number of ether oxygens (including phenoxy) is 4. The maximum atomic E-state index is 15.0. The van der Waals surface area contributed by atoms with Crippen molar-refractivity contribution in [1.82, 2.24) is 0 Å². The molecule has 9 heteroatoms. The second kappa shape index (κ2) is 90.3. The first-order valence-electron chi connectivity index (χ1n) is 50.9. The predicted octanol–water partition coefficient (Wildman–Crippen LogP) is 35.1. The number of allylic oxidation sites excluding steroid dienone is 8. The van der Waals surface area contributed by atoms with E-state index in [4.69, 9.17) is 18.9 Å². The van der Waals surface area contributed by atoms with E-state index < -0.39 is 16.6 Å². The van der Waals surface area contributed by atoms with Crippen LogP contribution in [0.3, 0.4) is 0 Å². The normalized spacial score (nSPS) is 13.6. The molecule has 113 heavy (non-hydrogen) atoms. The molecular formula is C104H196O8Ti. The van der Waals surface area contributed by atoms with Crippen molar-refractivity contribution >= 4 is 23.9 Å². The van der Waals surface area contributed by atoms with Crippen LogP contribution in [-0.2, 0) is 54.7 Å². The van der Waals surface area contributed by atoms with Gasteiger partial charge in [-0.05, 0) is 77.0 Å². The molecule has 0 fully saturated rings. The van der Waals surface area contributed by atoms with Gasteiger partial charge in [0.2, 0.25) is 0 Å². The summed E-state index contributed by atoms with van der Waals surface area (Å²) in [6, 6.07) is 0. The van der Waals surface area contributed by atoms with Crippen LogP contribution in [0.2, 0.25) is 9.45 Å². The van der Waals surface area contributed by atoms with Crippen molar-refractivity contribution in [3.63, 3.8) is 0 Å². The van der Waals surface area contributed by atoms with E-state index in [1.54, 1.807) is 0 Å². The van der Waals surface area contributed by atoms with Crippen molar-refractivity contribution in [2.75, 3.05) is 13.2 Å². The van der Waals surface area contributed by atoms with Crippen molar-refractivity contribution < 1.29 is 54.7 Å². The molecular weight excluding hydrogens is 1430 g/mol. The monoisotopic (exact) mass is 1620 g/mol. The van der Waals surface area contributed by atoms with Gasteiger partial charge in [-0.25, -0.2) is 0 Å². The van der Waals surface area contributed by atoms with Gasteiger partial charge in [0, 0.05) is 0 Å². The average molecular weight is 1620 g/mol. The molecule has 4 atom stereocenters. The Morgan fingerprint density at radius 2 is 0.425 bits per heavy atom. The standard InChI is InChI=1S/2C44H81O4.2C8H17.Ti/c2*1-3-5-7-9-11-13-15-17-19-21-23-25-27-31-35-39-43(45)47-41-37-33-29-30-34-38-42-48-44(46)40-36-32-28-26-24-22-20-18-16-14-12-10-8-6-4-2;2*1-4-6-7-8(3)5-2;/h2*17-20,41H,3-16,21-40,42H2,1-2H3;2*8H,3-7H2,1-2H3;/b2*19-17-,20-18-;;;. The number of rotatable bonds is 92. The van der Waals surface area contributed by atoms with Crippen molar-refractivity contribution in [3.8, 4) is 0 Å². The molecule has 0 N–H and O–H groups in total. The molecule has 0 bridgehead atoms. The van der Waals surface area contributed by atoms with Gasteiger partial charge in [-0.3, -0.25) is 0 Å². The molecule has 0 amide bonds. The smallest absolute Gasteiger partial charge is 0.0654 e. The zero-order valence-electron chi connectivity index (χ0n) is 77.3. The Kier molecular flexibility index (Phi) is 88.4. The Bertz CT molecular complexity index is 1970. The van der Waals surface area contributed by atoms with Crippen LogP contribution in [0, 0.1) is 11.8 Å². The van der Waals surface area contributed by atoms with E-state index in [9.17, 15) is 19.2 Å². The third-order valence-corrected chi connectivity index (χ3v) is 34.0. The first-order chi connectivity index (χ1) is 55.6. The van der Waals surface area contributed by atoms with E-state index in [1.807, 2.05) is 0 Å². The van der Waals surface area contributed by atoms with Gasteiger partial charge < -0.3 is 0 Å². The van der Waals surface area contributed by atoms with E-state index >= 15 is 0 Å². The Morgan fingerprint density at radius 3 is 0.664 bits per heavy atom. The van der Waals surface area contributed by atoms with Crippen LogP contribution >= 0.6 is 0 Å². The van der Waals surface area contributed by atoms with Crippen molar-refractivity contribution in [1.29, 1.82) is 0 Å². The van der Waals surface area contributed by atoms with Crippen molar-refractivity contribution in [2.45, 2.75) is 562 Å². The number of unbranched alkanes of at least 4 members (excludes halogenated alkanes) is 54. The summed E-state index contributed by atoms with van der Waals surface area (Å²) < 4.78 is 28.1. The van der Waals surface area contributed by atoms with Gasteiger partial charge in [0.1, 0.15) is 0 Å². The summed E-state index contributed by atoms with van der Waals surface area (Å²) in [4.78, 5) is 55.7. The summed E-state index contributed by atoms with van der Waals surface area (Å²) in [6.45, 7) is 19.6. The summed E-state index contributed by atoms with van der Waals surface area (Å²) in [5, 5.41) is 0. The number of carbonyl (C=O) groups is 4. The molecule has 664 valence electrons. The van der Waals surface area contributed by atoms with E-state index in [0.29, 0.717) is 50.7 Å². The maximum absolute atomic E-state index is 15.0. The van der Waals surface area contributed by atoms with Crippen LogP contribution in [0.15, 0.2) is 48.6 Å². The topological polar surface area (TPSA) is 105 Å². The minimum absolute atomic E-state index is 0.0267. The Balaban J connectivity index is 6.66. The predicted molar refractivity (Wildman–Crippen MR) is 491 cm³/mol. The van der Waals surface area contributed by atoms with E-state index in [-0.39, 0.29) is 32.7 Å². The molecule has 0 aliphatic carbocycles. The summed E-state index contributed by atoms with van der Waals surface area (Å²) >= 11 is -3.73. The Hall–Kier alpha value is -2.45. The molecule has 0 saturated carbocycles. The van der Waals surface area contributed by atoms with Crippen molar-refractivity contribution in [2.24, 2.45) is 11.8 Å². The van der Waals surface area contributed by atoms with Gasteiger partial charge in [0.25, 0.3) is 0 Å². The molecule has 0 saturated heterocycles. The fourth-order valence-electron chi connectivity index (χ4n) is 16.9. The second-order valence-corrected chi connectivity index (χ2v) is 42.5. The van der Waals surface area contributed by atoms with E-state index in [2.05, 4.69) is 104 Å². The van der Waals surface area contributed by atoms with Crippen LogP contribution in [0.5, 0.6) is 0 Å². The summed E-state index contributed by atoms with van der Waals surface area (Å²) in [7, 11) is 0. The average Bonchev–Trinajstić information content (AvgIpc) is 0.775. The molecule has 0 aromatic heterocycles. The summed E-state index contributed by atoms with van der Waals surface area (Å²) in [5.74, 6) is 0.839. The summed E-state index contributed by atoms with van der Waals surface area (Å²) in [6.07, 6.45) is 106. The molecule has 0 aliphatic heterocycles. The SMILES string of the molecule is CCCCCCCC/C=C\CCCCCCCC(=O)OCCCCCCC[CH](OC(=O)CCCCCCC/C=C\CCCCCCCC)[Ti]([CH2]C(CC)CCCC)([CH2]C(CC)CCCC)[CH](CCCCCCCOC(=O)CCCCCCC/C=C\CCCCCCCC)OC(=O)CCCCCCC/C=C\CCCCCCCC. The fraction of sp³-hybridized carbons (Fsp3) is 0.885. The molecule has 0 radical (unpaired) electrons. The molecule has 0 aromatic rings. The molecule has 8 nitrogen and oxygen atoms in total. The number of esters is 4. The van der Waals surface area contributed by atoms with Crippen LogP contribution in [-0.4, -0.2) is 45.9 Å². The molecule has 4 unspecified atom stereocenters. The van der Waals surface area contributed by atoms with Crippen LogP contribution in [0.25, 0.3) is 0 Å². The van der Waals surface area contributed by atoms with Gasteiger partial charge in [-0.1, -0.05) is 219 Å². The Morgan fingerprint density at radius 1 is 0.221 bits per heavy atom. The van der Waals surface area contributed by atoms with Crippen LogP contribution < -0.4 is 0 Å². The number of hydrogen-bond donors (Lipinski definition) is 0.